The molecule has 9 heteroatoms. The number of benzene rings is 2. The number of hydrogen-bond acceptors (Lipinski definition) is 3. The van der Waals surface area contributed by atoms with Crippen molar-refractivity contribution in [2.45, 2.75) is 13.1 Å². The van der Waals surface area contributed by atoms with Gasteiger partial charge in [-0.05, 0) is 42.8 Å². The summed E-state index contributed by atoms with van der Waals surface area (Å²) >= 11 is 0. The molecule has 0 saturated carbocycles. The maximum Gasteiger partial charge on any atom is 0.417 e. The maximum absolute atomic E-state index is 14.7. The van der Waals surface area contributed by atoms with Gasteiger partial charge in [-0.2, -0.15) is 13.2 Å². The molecular formula is C24H20ClF4NO3. The van der Waals surface area contributed by atoms with E-state index >= 15 is 0 Å². The first-order valence-corrected chi connectivity index (χ1v) is 9.91. The van der Waals surface area contributed by atoms with Crippen LogP contribution in [0.25, 0.3) is 6.08 Å². The number of likely N-dealkylation sites (tertiary alicyclic amines) is 1. The van der Waals surface area contributed by atoms with Gasteiger partial charge in [0.2, 0.25) is 0 Å². The molecule has 2 aromatic rings. The standard InChI is InChI=1S/C24H19F4NO3.ClH/c1-14-2-4-17(20(6-14)24(26,27)28)5-3-15-8-21(25)19-7-16(13-32-22(19)9-15)10-29-11-18(12-29)23(30)31;/h2,4,6-9,18H,10-13H2,1H3,(H,30,31);1H. The summed E-state index contributed by atoms with van der Waals surface area (Å²) in [5, 5.41) is 8.95. The van der Waals surface area contributed by atoms with Gasteiger partial charge in [-0.15, -0.1) is 12.4 Å². The van der Waals surface area contributed by atoms with Gasteiger partial charge in [-0.3, -0.25) is 9.69 Å². The zero-order valence-electron chi connectivity index (χ0n) is 17.5. The normalized spacial score (nSPS) is 15.7. The van der Waals surface area contributed by atoms with Crippen LogP contribution in [0.2, 0.25) is 0 Å². The van der Waals surface area contributed by atoms with Crippen molar-refractivity contribution in [2.24, 2.45) is 5.92 Å². The van der Waals surface area contributed by atoms with Crippen molar-refractivity contribution in [1.29, 1.82) is 0 Å². The van der Waals surface area contributed by atoms with E-state index in [1.807, 2.05) is 4.90 Å². The summed E-state index contributed by atoms with van der Waals surface area (Å²) in [5.41, 5.74) is 0.725. The summed E-state index contributed by atoms with van der Waals surface area (Å²) in [6, 6.07) is 6.54. The maximum atomic E-state index is 14.7. The third kappa shape index (κ3) is 5.49. The average molecular weight is 482 g/mol. The van der Waals surface area contributed by atoms with Crippen LogP contribution in [0.4, 0.5) is 17.6 Å². The van der Waals surface area contributed by atoms with E-state index in [2.05, 4.69) is 11.8 Å². The number of rotatable bonds is 3. The number of ether oxygens (including phenoxy) is 1. The highest BCUT2D eigenvalue weighted by Crippen LogP contribution is 2.33. The van der Waals surface area contributed by atoms with Gasteiger partial charge in [0, 0.05) is 30.8 Å². The highest BCUT2D eigenvalue weighted by molar-refractivity contribution is 5.85. The molecule has 0 bridgehead atoms. The summed E-state index contributed by atoms with van der Waals surface area (Å²) in [7, 11) is 0. The SMILES string of the molecule is Cc1ccc(C#Cc2cc(F)c3c(c2)OCC(CN2CC(C(=O)O)C2)=C3)c(C(F)(F)F)c1.Cl. The number of carboxylic acids is 1. The Hall–Kier alpha value is -3.02. The Morgan fingerprint density at radius 3 is 2.61 bits per heavy atom. The van der Waals surface area contributed by atoms with E-state index in [1.165, 1.54) is 18.2 Å². The van der Waals surface area contributed by atoms with Gasteiger partial charge in [0.15, 0.2) is 0 Å². The average Bonchev–Trinajstić information content (AvgIpc) is 2.68. The van der Waals surface area contributed by atoms with Crippen LogP contribution in [0.3, 0.4) is 0 Å². The lowest BCUT2D eigenvalue weighted by molar-refractivity contribution is -0.147. The number of carboxylic acid groups (broad SMARTS) is 1. The van der Waals surface area contributed by atoms with E-state index in [9.17, 15) is 22.4 Å². The molecule has 1 N–H and O–H groups in total. The Morgan fingerprint density at radius 1 is 1.21 bits per heavy atom. The monoisotopic (exact) mass is 481 g/mol. The summed E-state index contributed by atoms with van der Waals surface area (Å²) in [6.07, 6.45) is -2.87. The van der Waals surface area contributed by atoms with E-state index in [4.69, 9.17) is 9.84 Å². The Kier molecular flexibility index (Phi) is 7.06. The Balaban J connectivity index is 0.00000306. The van der Waals surface area contributed by atoms with Gasteiger partial charge in [0.05, 0.1) is 17.0 Å². The number of alkyl halides is 3. The van der Waals surface area contributed by atoms with Crippen molar-refractivity contribution >= 4 is 24.5 Å². The number of nitrogens with zero attached hydrogens (tertiary/aromatic N) is 1. The Morgan fingerprint density at radius 2 is 1.94 bits per heavy atom. The van der Waals surface area contributed by atoms with Crippen molar-refractivity contribution < 1.29 is 32.2 Å². The third-order valence-electron chi connectivity index (χ3n) is 5.41. The molecule has 0 amide bonds. The number of halogens is 5. The molecule has 0 aromatic heterocycles. The lowest BCUT2D eigenvalue weighted by Crippen LogP contribution is -2.51. The molecule has 1 fully saturated rings. The van der Waals surface area contributed by atoms with Gasteiger partial charge in [-0.25, -0.2) is 4.39 Å². The molecule has 2 heterocycles. The molecule has 0 atom stereocenters. The number of aryl methyl sites for hydroxylation is 1. The second kappa shape index (κ2) is 9.46. The molecule has 2 aliphatic rings. The van der Waals surface area contributed by atoms with Crippen LogP contribution in [0.15, 0.2) is 35.9 Å². The molecule has 4 rings (SSSR count). The zero-order chi connectivity index (χ0) is 23.0. The molecule has 4 nitrogen and oxygen atoms in total. The Labute approximate surface area is 194 Å². The fourth-order valence-electron chi connectivity index (χ4n) is 3.72. The van der Waals surface area contributed by atoms with E-state index in [0.29, 0.717) is 25.2 Å². The summed E-state index contributed by atoms with van der Waals surface area (Å²) in [5.74, 6) is 3.58. The molecule has 2 aliphatic heterocycles. The fraction of sp³-hybridized carbons (Fsp3) is 0.292. The van der Waals surface area contributed by atoms with E-state index < -0.39 is 23.5 Å². The van der Waals surface area contributed by atoms with Gasteiger partial charge in [-0.1, -0.05) is 23.5 Å². The minimum absolute atomic E-state index is 0. The highest BCUT2D eigenvalue weighted by Gasteiger charge is 2.34. The van der Waals surface area contributed by atoms with E-state index in [-0.39, 0.29) is 47.4 Å². The molecule has 174 valence electrons. The molecule has 0 spiro atoms. The first-order chi connectivity index (χ1) is 15.1. The van der Waals surface area contributed by atoms with Crippen molar-refractivity contribution in [3.05, 3.63) is 69.5 Å². The zero-order valence-corrected chi connectivity index (χ0v) is 18.3. The minimum atomic E-state index is -4.54. The number of aliphatic carboxylic acids is 1. The van der Waals surface area contributed by atoms with Gasteiger partial charge < -0.3 is 9.84 Å². The molecule has 2 aromatic carbocycles. The lowest BCUT2D eigenvalue weighted by Gasteiger charge is -2.37. The van der Waals surface area contributed by atoms with Crippen LogP contribution in [-0.2, 0) is 11.0 Å². The molecular weight excluding hydrogens is 462 g/mol. The second-order valence-electron chi connectivity index (χ2n) is 7.99. The topological polar surface area (TPSA) is 49.8 Å². The largest absolute Gasteiger partial charge is 0.488 e. The third-order valence-corrected chi connectivity index (χ3v) is 5.41. The Bertz CT molecular complexity index is 1170. The molecule has 1 saturated heterocycles. The van der Waals surface area contributed by atoms with E-state index in [0.717, 1.165) is 11.6 Å². The van der Waals surface area contributed by atoms with Gasteiger partial charge in [0.1, 0.15) is 18.2 Å². The number of carbonyl (C=O) groups is 1. The summed E-state index contributed by atoms with van der Waals surface area (Å²) in [4.78, 5) is 12.8. The first-order valence-electron chi connectivity index (χ1n) is 9.91. The molecule has 0 aliphatic carbocycles. The van der Waals surface area contributed by atoms with E-state index in [1.54, 1.807) is 19.1 Å². The number of hydrogen-bond donors (Lipinski definition) is 1. The first kappa shape index (κ1) is 24.6. The van der Waals surface area contributed by atoms with Crippen LogP contribution in [0, 0.1) is 30.5 Å². The minimum Gasteiger partial charge on any atom is -0.488 e. The van der Waals surface area contributed by atoms with Crippen molar-refractivity contribution in [1.82, 2.24) is 4.90 Å². The molecule has 0 unspecified atom stereocenters. The van der Waals surface area contributed by atoms with Crippen LogP contribution < -0.4 is 4.74 Å². The van der Waals surface area contributed by atoms with Crippen molar-refractivity contribution in [2.75, 3.05) is 26.2 Å². The van der Waals surface area contributed by atoms with Gasteiger partial charge in [0.25, 0.3) is 0 Å². The fourth-order valence-corrected chi connectivity index (χ4v) is 3.72. The van der Waals surface area contributed by atoms with Crippen molar-refractivity contribution in [3.8, 4) is 17.6 Å². The lowest BCUT2D eigenvalue weighted by atomic mass is 9.98. The predicted octanol–water partition coefficient (Wildman–Crippen LogP) is 4.77. The van der Waals surface area contributed by atoms with Crippen LogP contribution in [0.5, 0.6) is 5.75 Å². The molecule has 0 radical (unpaired) electrons. The highest BCUT2D eigenvalue weighted by atomic mass is 35.5. The quantitative estimate of drug-likeness (QED) is 0.507. The van der Waals surface area contributed by atoms with Crippen molar-refractivity contribution in [3.63, 3.8) is 0 Å². The van der Waals surface area contributed by atoms with Crippen LogP contribution in [-0.4, -0.2) is 42.2 Å². The smallest absolute Gasteiger partial charge is 0.417 e. The molecule has 33 heavy (non-hydrogen) atoms. The second-order valence-corrected chi connectivity index (χ2v) is 7.99. The van der Waals surface area contributed by atoms with Crippen LogP contribution in [0.1, 0.15) is 27.8 Å². The summed E-state index contributed by atoms with van der Waals surface area (Å²) < 4.78 is 60.2. The van der Waals surface area contributed by atoms with Crippen LogP contribution >= 0.6 is 12.4 Å². The predicted molar refractivity (Wildman–Crippen MR) is 117 cm³/mol. The van der Waals surface area contributed by atoms with Gasteiger partial charge >= 0.3 is 12.1 Å². The number of fused-ring (bicyclic) bond motifs is 1. The summed E-state index contributed by atoms with van der Waals surface area (Å²) in [6.45, 7) is 3.15.